The molecule has 4 rings (SSSR count). The van der Waals surface area contributed by atoms with E-state index in [9.17, 15) is 9.59 Å². The van der Waals surface area contributed by atoms with Gasteiger partial charge in [0.1, 0.15) is 13.2 Å². The van der Waals surface area contributed by atoms with E-state index < -0.39 is 0 Å². The van der Waals surface area contributed by atoms with E-state index >= 15 is 0 Å². The second-order valence-electron chi connectivity index (χ2n) is 7.36. The molecule has 3 heterocycles. The van der Waals surface area contributed by atoms with Crippen molar-refractivity contribution in [2.45, 2.75) is 32.1 Å². The molecule has 0 N–H and O–H groups in total. The molecule has 6 heteroatoms. The first kappa shape index (κ1) is 17.2. The zero-order valence-electron chi connectivity index (χ0n) is 15.1. The van der Waals surface area contributed by atoms with Crippen LogP contribution in [0.15, 0.2) is 18.2 Å². The molecule has 1 aromatic carbocycles. The average Bonchev–Trinajstić information content (AvgIpc) is 2.69. The summed E-state index contributed by atoms with van der Waals surface area (Å²) < 4.78 is 11.3. The Labute approximate surface area is 154 Å². The Morgan fingerprint density at radius 3 is 2.69 bits per heavy atom. The maximum Gasteiger partial charge on any atom is 0.257 e. The first-order chi connectivity index (χ1) is 12.7. The first-order valence-corrected chi connectivity index (χ1v) is 9.68. The monoisotopic (exact) mass is 358 g/mol. The number of para-hydroxylation sites is 1. The van der Waals surface area contributed by atoms with Crippen molar-refractivity contribution in [2.24, 2.45) is 5.92 Å². The van der Waals surface area contributed by atoms with Crippen molar-refractivity contribution in [3.05, 3.63) is 23.8 Å². The van der Waals surface area contributed by atoms with Crippen LogP contribution in [-0.4, -0.2) is 61.0 Å². The van der Waals surface area contributed by atoms with Crippen molar-refractivity contribution in [3.63, 3.8) is 0 Å². The smallest absolute Gasteiger partial charge is 0.257 e. The molecule has 0 spiro atoms. The molecule has 2 amide bonds. The Kier molecular flexibility index (Phi) is 5.00. The first-order valence-electron chi connectivity index (χ1n) is 9.68. The van der Waals surface area contributed by atoms with Gasteiger partial charge >= 0.3 is 0 Å². The Balaban J connectivity index is 1.36. The van der Waals surface area contributed by atoms with Crippen LogP contribution < -0.4 is 9.47 Å². The van der Waals surface area contributed by atoms with Crippen molar-refractivity contribution in [1.29, 1.82) is 0 Å². The summed E-state index contributed by atoms with van der Waals surface area (Å²) in [4.78, 5) is 28.9. The molecule has 0 atom stereocenters. The minimum absolute atomic E-state index is 0.0137. The van der Waals surface area contributed by atoms with Gasteiger partial charge < -0.3 is 19.3 Å². The van der Waals surface area contributed by atoms with Crippen LogP contribution in [-0.2, 0) is 4.79 Å². The van der Waals surface area contributed by atoms with Crippen LogP contribution in [0.1, 0.15) is 42.5 Å². The standard InChI is InChI=1S/C20H26N2O4/c23-18-6-1-2-9-22(18)14-15-7-10-21(11-8-15)20(24)16-4-3-5-17-19(16)26-13-12-25-17/h3-5,15H,1-2,6-14H2. The summed E-state index contributed by atoms with van der Waals surface area (Å²) in [6, 6.07) is 5.50. The second-order valence-corrected chi connectivity index (χ2v) is 7.36. The number of likely N-dealkylation sites (tertiary alicyclic amines) is 2. The number of nitrogens with zero attached hydrogens (tertiary/aromatic N) is 2. The molecule has 2 saturated heterocycles. The minimum atomic E-state index is 0.0137. The molecule has 0 radical (unpaired) electrons. The topological polar surface area (TPSA) is 59.1 Å². The van der Waals surface area contributed by atoms with E-state index in [1.165, 1.54) is 0 Å². The van der Waals surface area contributed by atoms with Gasteiger partial charge in [0.15, 0.2) is 11.5 Å². The third kappa shape index (κ3) is 3.50. The highest BCUT2D eigenvalue weighted by molar-refractivity contribution is 5.98. The molecule has 3 aliphatic rings. The largest absolute Gasteiger partial charge is 0.486 e. The highest BCUT2D eigenvalue weighted by atomic mass is 16.6. The summed E-state index contributed by atoms with van der Waals surface area (Å²) in [5.74, 6) is 2.03. The molecule has 140 valence electrons. The van der Waals surface area contributed by atoms with Gasteiger partial charge in [-0.25, -0.2) is 0 Å². The predicted octanol–water partition coefficient (Wildman–Crippen LogP) is 2.32. The third-order valence-corrected chi connectivity index (χ3v) is 5.60. The van der Waals surface area contributed by atoms with E-state index in [-0.39, 0.29) is 5.91 Å². The number of amides is 2. The van der Waals surface area contributed by atoms with E-state index in [0.29, 0.717) is 48.5 Å². The molecule has 2 fully saturated rings. The molecule has 26 heavy (non-hydrogen) atoms. The van der Waals surface area contributed by atoms with Crippen molar-refractivity contribution >= 4 is 11.8 Å². The van der Waals surface area contributed by atoms with Gasteiger partial charge in [0.05, 0.1) is 5.56 Å². The third-order valence-electron chi connectivity index (χ3n) is 5.60. The van der Waals surface area contributed by atoms with Gasteiger partial charge in [0.2, 0.25) is 5.91 Å². The van der Waals surface area contributed by atoms with Gasteiger partial charge in [-0.3, -0.25) is 9.59 Å². The quantitative estimate of drug-likeness (QED) is 0.832. The van der Waals surface area contributed by atoms with E-state index in [1.54, 1.807) is 0 Å². The maximum absolute atomic E-state index is 12.9. The number of carbonyl (C=O) groups is 2. The van der Waals surface area contributed by atoms with Gasteiger partial charge in [-0.15, -0.1) is 0 Å². The molecule has 0 bridgehead atoms. The fourth-order valence-electron chi connectivity index (χ4n) is 4.10. The zero-order chi connectivity index (χ0) is 17.9. The van der Waals surface area contributed by atoms with Gasteiger partial charge in [-0.1, -0.05) is 6.07 Å². The fraction of sp³-hybridized carbons (Fsp3) is 0.600. The Morgan fingerprint density at radius 1 is 1.08 bits per heavy atom. The molecule has 6 nitrogen and oxygen atoms in total. The SMILES string of the molecule is O=C1CCCCN1CC1CCN(C(=O)c2cccc3c2OCCO3)CC1. The number of benzene rings is 1. The predicted molar refractivity (Wildman–Crippen MR) is 96.5 cm³/mol. The normalized spacial score (nSPS) is 21.0. The number of hydrogen-bond donors (Lipinski definition) is 0. The number of ether oxygens (including phenoxy) is 2. The second kappa shape index (κ2) is 7.56. The summed E-state index contributed by atoms with van der Waals surface area (Å²) in [5, 5.41) is 0. The molecule has 1 aromatic rings. The molecule has 0 aromatic heterocycles. The molecule has 0 saturated carbocycles. The maximum atomic E-state index is 12.9. The van der Waals surface area contributed by atoms with Crippen molar-refractivity contribution in [2.75, 3.05) is 39.4 Å². The molecular formula is C20H26N2O4. The lowest BCUT2D eigenvalue weighted by Gasteiger charge is -2.36. The number of rotatable bonds is 3. The van der Waals surface area contributed by atoms with Crippen LogP contribution in [0.25, 0.3) is 0 Å². The Morgan fingerprint density at radius 2 is 1.88 bits per heavy atom. The minimum Gasteiger partial charge on any atom is -0.486 e. The van der Waals surface area contributed by atoms with Crippen molar-refractivity contribution in [3.8, 4) is 11.5 Å². The van der Waals surface area contributed by atoms with Crippen LogP contribution in [0.4, 0.5) is 0 Å². The van der Waals surface area contributed by atoms with Crippen LogP contribution >= 0.6 is 0 Å². The highest BCUT2D eigenvalue weighted by Crippen LogP contribution is 2.35. The van der Waals surface area contributed by atoms with Crippen molar-refractivity contribution in [1.82, 2.24) is 9.80 Å². The summed E-state index contributed by atoms with van der Waals surface area (Å²) in [7, 11) is 0. The van der Waals surface area contributed by atoms with Crippen LogP contribution in [0.2, 0.25) is 0 Å². The number of carbonyl (C=O) groups excluding carboxylic acids is 2. The zero-order valence-corrected chi connectivity index (χ0v) is 15.1. The van der Waals surface area contributed by atoms with Gasteiger partial charge in [0.25, 0.3) is 5.91 Å². The lowest BCUT2D eigenvalue weighted by atomic mass is 9.94. The van der Waals surface area contributed by atoms with Crippen molar-refractivity contribution < 1.29 is 19.1 Å². The fourth-order valence-corrected chi connectivity index (χ4v) is 4.10. The van der Waals surface area contributed by atoms with Crippen LogP contribution in [0, 0.1) is 5.92 Å². The summed E-state index contributed by atoms with van der Waals surface area (Å²) >= 11 is 0. The van der Waals surface area contributed by atoms with E-state index in [1.807, 2.05) is 28.0 Å². The number of hydrogen-bond acceptors (Lipinski definition) is 4. The van der Waals surface area contributed by atoms with Gasteiger partial charge in [-0.05, 0) is 43.7 Å². The van der Waals surface area contributed by atoms with Crippen LogP contribution in [0.5, 0.6) is 11.5 Å². The Hall–Kier alpha value is -2.24. The van der Waals surface area contributed by atoms with Gasteiger partial charge in [-0.2, -0.15) is 0 Å². The molecule has 0 unspecified atom stereocenters. The lowest BCUT2D eigenvalue weighted by Crippen LogP contribution is -2.44. The highest BCUT2D eigenvalue weighted by Gasteiger charge is 2.29. The summed E-state index contributed by atoms with van der Waals surface area (Å²) in [5.41, 5.74) is 0.590. The number of piperidine rings is 2. The Bertz CT molecular complexity index is 682. The molecule has 0 aliphatic carbocycles. The van der Waals surface area contributed by atoms with E-state index in [4.69, 9.17) is 9.47 Å². The average molecular weight is 358 g/mol. The molecular weight excluding hydrogens is 332 g/mol. The number of fused-ring (bicyclic) bond motifs is 1. The summed E-state index contributed by atoms with van der Waals surface area (Å²) in [6.07, 6.45) is 4.72. The van der Waals surface area contributed by atoms with E-state index in [2.05, 4.69) is 0 Å². The van der Waals surface area contributed by atoms with E-state index in [0.717, 1.165) is 51.9 Å². The molecule has 3 aliphatic heterocycles. The lowest BCUT2D eigenvalue weighted by molar-refractivity contribution is -0.134. The van der Waals surface area contributed by atoms with Gasteiger partial charge in [0, 0.05) is 32.6 Å². The summed E-state index contributed by atoms with van der Waals surface area (Å²) in [6.45, 7) is 4.20. The van der Waals surface area contributed by atoms with Crippen LogP contribution in [0.3, 0.4) is 0 Å².